The highest BCUT2D eigenvalue weighted by atomic mass is 16.5. The average molecular weight is 285 g/mol. The number of nitrogens with zero attached hydrogens (tertiary/aromatic N) is 2. The van der Waals surface area contributed by atoms with Crippen LogP contribution < -0.4 is 10.1 Å². The summed E-state index contributed by atoms with van der Waals surface area (Å²) in [5, 5.41) is 3.26. The van der Waals surface area contributed by atoms with Crippen molar-refractivity contribution in [3.8, 4) is 17.1 Å². The van der Waals surface area contributed by atoms with Gasteiger partial charge in [-0.25, -0.2) is 9.97 Å². The summed E-state index contributed by atoms with van der Waals surface area (Å²) >= 11 is 0. The maximum Gasteiger partial charge on any atom is 0.161 e. The van der Waals surface area contributed by atoms with Gasteiger partial charge in [0.05, 0.1) is 6.61 Å². The lowest BCUT2D eigenvalue weighted by molar-refractivity contribution is 0.317. The van der Waals surface area contributed by atoms with Gasteiger partial charge in [0.2, 0.25) is 0 Å². The van der Waals surface area contributed by atoms with E-state index in [-0.39, 0.29) is 0 Å². The van der Waals surface area contributed by atoms with E-state index in [2.05, 4.69) is 36.1 Å². The second kappa shape index (κ2) is 7.62. The summed E-state index contributed by atoms with van der Waals surface area (Å²) in [7, 11) is 0. The highest BCUT2D eigenvalue weighted by Crippen LogP contribution is 2.23. The molecule has 1 aromatic heterocycles. The monoisotopic (exact) mass is 285 g/mol. The minimum Gasteiger partial charge on any atom is -0.494 e. The van der Waals surface area contributed by atoms with Crippen LogP contribution in [0.1, 0.15) is 32.9 Å². The normalized spacial score (nSPS) is 10.4. The van der Waals surface area contributed by atoms with E-state index in [0.717, 1.165) is 54.6 Å². The van der Waals surface area contributed by atoms with Gasteiger partial charge in [-0.1, -0.05) is 26.0 Å². The molecule has 0 atom stereocenters. The Bertz CT molecular complexity index is 584. The maximum atomic E-state index is 5.68. The third-order valence-electron chi connectivity index (χ3n) is 3.06. The van der Waals surface area contributed by atoms with Crippen LogP contribution in [0.5, 0.6) is 5.75 Å². The molecule has 0 aliphatic heterocycles. The fraction of sp³-hybridized carbons (Fsp3) is 0.412. The zero-order chi connectivity index (χ0) is 15.1. The van der Waals surface area contributed by atoms with Gasteiger partial charge >= 0.3 is 0 Å². The number of anilines is 1. The van der Waals surface area contributed by atoms with Crippen LogP contribution in [0.2, 0.25) is 0 Å². The minimum atomic E-state index is 0.724. The molecule has 4 heteroatoms. The molecule has 2 aromatic rings. The van der Waals surface area contributed by atoms with Crippen LogP contribution in [0.3, 0.4) is 0 Å². The molecule has 2 rings (SSSR count). The second-order valence-corrected chi connectivity index (χ2v) is 4.83. The number of benzene rings is 1. The van der Waals surface area contributed by atoms with Gasteiger partial charge in [0, 0.05) is 23.9 Å². The summed E-state index contributed by atoms with van der Waals surface area (Å²) in [6, 6.07) is 9.97. The molecule has 0 bridgehead atoms. The van der Waals surface area contributed by atoms with Crippen LogP contribution in [0.15, 0.2) is 30.3 Å². The molecule has 0 aliphatic rings. The standard InChI is InChI=1S/C17H23N3O/c1-4-10-21-15-9-7-8-13(11-15)17-19-14(5-2)12-16(20-17)18-6-3/h7-9,11-12H,4-6,10H2,1-3H3,(H,18,19,20). The van der Waals surface area contributed by atoms with Gasteiger partial charge in [-0.3, -0.25) is 0 Å². The first kappa shape index (κ1) is 15.3. The van der Waals surface area contributed by atoms with E-state index in [0.29, 0.717) is 0 Å². The molecule has 1 heterocycles. The number of hydrogen-bond acceptors (Lipinski definition) is 4. The molecule has 1 N–H and O–H groups in total. The molecule has 0 amide bonds. The topological polar surface area (TPSA) is 47.0 Å². The first-order chi connectivity index (χ1) is 10.3. The summed E-state index contributed by atoms with van der Waals surface area (Å²) in [5.74, 6) is 2.48. The van der Waals surface area contributed by atoms with Gasteiger partial charge < -0.3 is 10.1 Å². The van der Waals surface area contributed by atoms with Crippen LogP contribution in [0.25, 0.3) is 11.4 Å². The predicted molar refractivity (Wildman–Crippen MR) is 86.8 cm³/mol. The summed E-state index contributed by atoms with van der Waals surface area (Å²) in [6.45, 7) is 7.83. The molecule has 0 aliphatic carbocycles. The van der Waals surface area contributed by atoms with Gasteiger partial charge in [0.1, 0.15) is 11.6 Å². The molecule has 4 nitrogen and oxygen atoms in total. The molecule has 0 spiro atoms. The zero-order valence-corrected chi connectivity index (χ0v) is 13.0. The first-order valence-corrected chi connectivity index (χ1v) is 7.61. The van der Waals surface area contributed by atoms with Crippen LogP contribution in [0.4, 0.5) is 5.82 Å². The van der Waals surface area contributed by atoms with E-state index in [1.165, 1.54) is 0 Å². The second-order valence-electron chi connectivity index (χ2n) is 4.83. The van der Waals surface area contributed by atoms with E-state index >= 15 is 0 Å². The highest BCUT2D eigenvalue weighted by Gasteiger charge is 2.07. The highest BCUT2D eigenvalue weighted by molar-refractivity contribution is 5.59. The van der Waals surface area contributed by atoms with E-state index in [1.807, 2.05) is 30.3 Å². The molecule has 0 saturated carbocycles. The zero-order valence-electron chi connectivity index (χ0n) is 13.0. The van der Waals surface area contributed by atoms with Crippen molar-refractivity contribution in [2.45, 2.75) is 33.6 Å². The lowest BCUT2D eigenvalue weighted by Gasteiger charge is -2.10. The number of nitrogens with one attached hydrogen (secondary N) is 1. The lowest BCUT2D eigenvalue weighted by Crippen LogP contribution is -2.04. The Balaban J connectivity index is 2.33. The summed E-state index contributed by atoms with van der Waals surface area (Å²) < 4.78 is 5.68. The molecule has 112 valence electrons. The molecule has 21 heavy (non-hydrogen) atoms. The van der Waals surface area contributed by atoms with Gasteiger partial charge in [-0.15, -0.1) is 0 Å². The van der Waals surface area contributed by atoms with Crippen molar-refractivity contribution in [3.63, 3.8) is 0 Å². The number of aromatic nitrogens is 2. The summed E-state index contributed by atoms with van der Waals surface area (Å²) in [4.78, 5) is 9.20. The van der Waals surface area contributed by atoms with Gasteiger partial charge in [-0.2, -0.15) is 0 Å². The van der Waals surface area contributed by atoms with E-state index in [4.69, 9.17) is 4.74 Å². The van der Waals surface area contributed by atoms with Gasteiger partial charge in [-0.05, 0) is 31.9 Å². The van der Waals surface area contributed by atoms with E-state index < -0.39 is 0 Å². The van der Waals surface area contributed by atoms with Crippen LogP contribution in [-0.4, -0.2) is 23.1 Å². The smallest absolute Gasteiger partial charge is 0.161 e. The minimum absolute atomic E-state index is 0.724. The molecule has 1 aromatic carbocycles. The number of hydrogen-bond donors (Lipinski definition) is 1. The molecule has 0 unspecified atom stereocenters. The first-order valence-electron chi connectivity index (χ1n) is 7.61. The van der Waals surface area contributed by atoms with Crippen LogP contribution >= 0.6 is 0 Å². The fourth-order valence-electron chi connectivity index (χ4n) is 2.02. The van der Waals surface area contributed by atoms with E-state index in [9.17, 15) is 0 Å². The number of ether oxygens (including phenoxy) is 1. The maximum absolute atomic E-state index is 5.68. The molecular weight excluding hydrogens is 262 g/mol. The molecule has 0 saturated heterocycles. The Morgan fingerprint density at radius 2 is 1.95 bits per heavy atom. The quantitative estimate of drug-likeness (QED) is 0.837. The van der Waals surface area contributed by atoms with E-state index in [1.54, 1.807) is 0 Å². The number of rotatable bonds is 7. The van der Waals surface area contributed by atoms with Crippen molar-refractivity contribution in [1.29, 1.82) is 0 Å². The van der Waals surface area contributed by atoms with Crippen LogP contribution in [0, 0.1) is 0 Å². The largest absolute Gasteiger partial charge is 0.494 e. The Hall–Kier alpha value is -2.10. The molecule has 0 fully saturated rings. The van der Waals surface area contributed by atoms with Crippen molar-refractivity contribution in [1.82, 2.24) is 9.97 Å². The van der Waals surface area contributed by atoms with Crippen molar-refractivity contribution < 1.29 is 4.74 Å². The van der Waals surface area contributed by atoms with Crippen molar-refractivity contribution in [2.75, 3.05) is 18.5 Å². The molecule has 0 radical (unpaired) electrons. The lowest BCUT2D eigenvalue weighted by atomic mass is 10.2. The van der Waals surface area contributed by atoms with Crippen LogP contribution in [-0.2, 0) is 6.42 Å². The fourth-order valence-corrected chi connectivity index (χ4v) is 2.02. The molecular formula is C17H23N3O. The summed E-state index contributed by atoms with van der Waals surface area (Å²) in [6.07, 6.45) is 1.89. The van der Waals surface area contributed by atoms with Crippen molar-refractivity contribution in [2.24, 2.45) is 0 Å². The average Bonchev–Trinajstić information content (AvgIpc) is 2.53. The summed E-state index contributed by atoms with van der Waals surface area (Å²) in [5.41, 5.74) is 2.02. The van der Waals surface area contributed by atoms with Crippen molar-refractivity contribution in [3.05, 3.63) is 36.0 Å². The Morgan fingerprint density at radius 1 is 1.10 bits per heavy atom. The van der Waals surface area contributed by atoms with Gasteiger partial charge in [0.25, 0.3) is 0 Å². The third kappa shape index (κ3) is 4.18. The third-order valence-corrected chi connectivity index (χ3v) is 3.06. The Morgan fingerprint density at radius 3 is 2.67 bits per heavy atom. The Labute approximate surface area is 126 Å². The van der Waals surface area contributed by atoms with Gasteiger partial charge in [0.15, 0.2) is 5.82 Å². The Kier molecular flexibility index (Phi) is 5.55. The number of aryl methyl sites for hydroxylation is 1. The van der Waals surface area contributed by atoms with Crippen molar-refractivity contribution >= 4 is 5.82 Å². The predicted octanol–water partition coefficient (Wildman–Crippen LogP) is 3.93. The SMILES string of the molecule is CCCOc1cccc(-c2nc(CC)cc(NCC)n2)c1.